The summed E-state index contributed by atoms with van der Waals surface area (Å²) in [4.78, 5) is 1.33. The summed E-state index contributed by atoms with van der Waals surface area (Å²) in [6.07, 6.45) is 0.964. The predicted octanol–water partition coefficient (Wildman–Crippen LogP) is 2.00. The van der Waals surface area contributed by atoms with E-state index in [9.17, 15) is 0 Å². The van der Waals surface area contributed by atoms with Gasteiger partial charge in [0.25, 0.3) is 0 Å². The molecule has 0 aliphatic carbocycles. The molecule has 92 valence electrons. The first-order chi connectivity index (χ1) is 8.81. The summed E-state index contributed by atoms with van der Waals surface area (Å²) >= 11 is 5.20. The largest absolute Gasteiger partial charge is 0.368 e. The minimum atomic E-state index is 0.641. The van der Waals surface area contributed by atoms with Crippen molar-refractivity contribution in [3.63, 3.8) is 0 Å². The van der Waals surface area contributed by atoms with E-state index in [1.807, 2.05) is 12.1 Å². The van der Waals surface area contributed by atoms with Gasteiger partial charge in [0.15, 0.2) is 5.65 Å². The second-order valence-corrected chi connectivity index (χ2v) is 6.18. The molecule has 0 spiro atoms. The lowest BCUT2D eigenvalue weighted by molar-refractivity contribution is 0.734. The summed E-state index contributed by atoms with van der Waals surface area (Å²) in [5, 5.41) is 18.6. The van der Waals surface area contributed by atoms with Crippen LogP contribution in [-0.2, 0) is 6.42 Å². The number of thiophene rings is 1. The van der Waals surface area contributed by atoms with Crippen molar-refractivity contribution in [2.45, 2.75) is 6.42 Å². The van der Waals surface area contributed by atoms with Crippen LogP contribution < -0.4 is 5.32 Å². The van der Waals surface area contributed by atoms with Gasteiger partial charge in [-0.05, 0) is 57.0 Å². The molecule has 3 aromatic rings. The lowest BCUT2D eigenvalue weighted by Gasteiger charge is -2.03. The maximum atomic E-state index is 4.24. The SMILES string of the molecule is Brc1ccc(CCNc2ccc3nnnn3n2)s1. The second-order valence-electron chi connectivity index (χ2n) is 3.63. The lowest BCUT2D eigenvalue weighted by atomic mass is 10.3. The Balaban J connectivity index is 1.62. The molecule has 0 saturated heterocycles. The molecule has 1 N–H and O–H groups in total. The number of nitrogens with one attached hydrogen (secondary N) is 1. The van der Waals surface area contributed by atoms with Crippen LogP contribution in [0.2, 0.25) is 0 Å². The molecular weight excluding hydrogens is 316 g/mol. The molecule has 0 atom stereocenters. The normalized spacial score (nSPS) is 10.9. The summed E-state index contributed by atoms with van der Waals surface area (Å²) in [5.74, 6) is 0.769. The molecule has 0 fully saturated rings. The maximum Gasteiger partial charge on any atom is 0.200 e. The highest BCUT2D eigenvalue weighted by molar-refractivity contribution is 9.11. The van der Waals surface area contributed by atoms with Crippen LogP contribution in [0.4, 0.5) is 5.82 Å². The monoisotopic (exact) mass is 324 g/mol. The van der Waals surface area contributed by atoms with Gasteiger partial charge in [-0.25, -0.2) is 0 Å². The summed E-state index contributed by atoms with van der Waals surface area (Å²) in [7, 11) is 0. The highest BCUT2D eigenvalue weighted by atomic mass is 79.9. The third-order valence-corrected chi connectivity index (χ3v) is 4.06. The number of halogens is 1. The number of aromatic nitrogens is 5. The standard InChI is InChI=1S/C10H9BrN6S/c11-8-2-1-7(18-8)5-6-12-9-3-4-10-13-15-16-17(10)14-9/h1-4H,5-6H2,(H,12,14). The first kappa shape index (κ1) is 11.5. The molecule has 3 rings (SSSR count). The van der Waals surface area contributed by atoms with E-state index in [1.54, 1.807) is 11.3 Å². The number of rotatable bonds is 4. The van der Waals surface area contributed by atoms with Crippen molar-refractivity contribution in [2.24, 2.45) is 0 Å². The van der Waals surface area contributed by atoms with E-state index >= 15 is 0 Å². The van der Waals surface area contributed by atoms with Crippen molar-refractivity contribution in [1.29, 1.82) is 0 Å². The average molecular weight is 325 g/mol. The van der Waals surface area contributed by atoms with E-state index in [0.717, 1.165) is 22.6 Å². The van der Waals surface area contributed by atoms with Gasteiger partial charge in [0.2, 0.25) is 0 Å². The van der Waals surface area contributed by atoms with Gasteiger partial charge in [-0.3, -0.25) is 0 Å². The third-order valence-electron chi connectivity index (χ3n) is 2.38. The number of nitrogens with zero attached hydrogens (tertiary/aromatic N) is 5. The minimum Gasteiger partial charge on any atom is -0.368 e. The number of tetrazole rings is 1. The van der Waals surface area contributed by atoms with E-state index in [2.05, 4.69) is 54.0 Å². The zero-order chi connectivity index (χ0) is 12.4. The van der Waals surface area contributed by atoms with Crippen LogP contribution >= 0.6 is 27.3 Å². The van der Waals surface area contributed by atoms with Crippen LogP contribution in [-0.4, -0.2) is 31.8 Å². The van der Waals surface area contributed by atoms with Crippen molar-refractivity contribution in [2.75, 3.05) is 11.9 Å². The van der Waals surface area contributed by atoms with Crippen LogP contribution in [0.25, 0.3) is 5.65 Å². The fourth-order valence-corrected chi connectivity index (χ4v) is 3.03. The minimum absolute atomic E-state index is 0.641. The molecule has 0 radical (unpaired) electrons. The zero-order valence-corrected chi connectivity index (χ0v) is 11.6. The maximum absolute atomic E-state index is 4.24. The molecule has 0 aromatic carbocycles. The Kier molecular flexibility index (Phi) is 3.20. The Hall–Kier alpha value is -1.54. The van der Waals surface area contributed by atoms with E-state index < -0.39 is 0 Å². The van der Waals surface area contributed by atoms with Crippen LogP contribution in [0.3, 0.4) is 0 Å². The van der Waals surface area contributed by atoms with Gasteiger partial charge < -0.3 is 5.32 Å². The lowest BCUT2D eigenvalue weighted by Crippen LogP contribution is -2.07. The molecule has 0 amide bonds. The third kappa shape index (κ3) is 2.49. The number of fused-ring (bicyclic) bond motifs is 1. The molecule has 0 unspecified atom stereocenters. The quantitative estimate of drug-likeness (QED) is 0.795. The first-order valence-electron chi connectivity index (χ1n) is 5.35. The smallest absolute Gasteiger partial charge is 0.200 e. The van der Waals surface area contributed by atoms with E-state index in [4.69, 9.17) is 0 Å². The number of hydrogen-bond donors (Lipinski definition) is 1. The van der Waals surface area contributed by atoms with Crippen LogP contribution in [0.15, 0.2) is 28.1 Å². The highest BCUT2D eigenvalue weighted by Crippen LogP contribution is 2.22. The highest BCUT2D eigenvalue weighted by Gasteiger charge is 2.01. The molecule has 0 aliphatic heterocycles. The van der Waals surface area contributed by atoms with E-state index in [0.29, 0.717) is 5.65 Å². The van der Waals surface area contributed by atoms with Crippen LogP contribution in [0.1, 0.15) is 4.88 Å². The Labute approximate surface area is 115 Å². The Morgan fingerprint density at radius 1 is 1.28 bits per heavy atom. The molecule has 18 heavy (non-hydrogen) atoms. The van der Waals surface area contributed by atoms with Gasteiger partial charge in [-0.2, -0.15) is 0 Å². The average Bonchev–Trinajstić information content (AvgIpc) is 2.97. The molecule has 8 heteroatoms. The van der Waals surface area contributed by atoms with Crippen molar-refractivity contribution < 1.29 is 0 Å². The molecule has 0 aliphatic rings. The van der Waals surface area contributed by atoms with Gasteiger partial charge in [-0.1, -0.05) is 0 Å². The Morgan fingerprint density at radius 2 is 2.22 bits per heavy atom. The fourth-order valence-electron chi connectivity index (χ4n) is 1.54. The van der Waals surface area contributed by atoms with Gasteiger partial charge in [0.1, 0.15) is 5.82 Å². The van der Waals surface area contributed by atoms with Gasteiger partial charge >= 0.3 is 0 Å². The summed E-state index contributed by atoms with van der Waals surface area (Å²) in [5.41, 5.74) is 0.641. The fraction of sp³-hybridized carbons (Fsp3) is 0.200. The number of hydrogen-bond acceptors (Lipinski definition) is 6. The molecule has 3 aromatic heterocycles. The van der Waals surface area contributed by atoms with Crippen LogP contribution in [0, 0.1) is 0 Å². The predicted molar refractivity (Wildman–Crippen MR) is 72.8 cm³/mol. The second kappa shape index (κ2) is 4.99. The Bertz CT molecular complexity index is 663. The van der Waals surface area contributed by atoms with Gasteiger partial charge in [-0.15, -0.1) is 26.2 Å². The molecule has 0 bridgehead atoms. The van der Waals surface area contributed by atoms with Gasteiger partial charge in [0, 0.05) is 11.4 Å². The number of anilines is 1. The molecular formula is C10H9BrN6S. The van der Waals surface area contributed by atoms with Crippen molar-refractivity contribution >= 4 is 38.7 Å². The summed E-state index contributed by atoms with van der Waals surface area (Å²) in [6, 6.07) is 7.88. The van der Waals surface area contributed by atoms with Crippen molar-refractivity contribution in [3.05, 3.63) is 32.9 Å². The zero-order valence-electron chi connectivity index (χ0n) is 9.25. The first-order valence-corrected chi connectivity index (χ1v) is 6.96. The molecule has 3 heterocycles. The van der Waals surface area contributed by atoms with Crippen molar-refractivity contribution in [3.8, 4) is 0 Å². The topological polar surface area (TPSA) is 68.0 Å². The van der Waals surface area contributed by atoms with Gasteiger partial charge in [0.05, 0.1) is 3.79 Å². The summed E-state index contributed by atoms with van der Waals surface area (Å²) < 4.78 is 2.56. The van der Waals surface area contributed by atoms with Crippen LogP contribution in [0.5, 0.6) is 0 Å². The van der Waals surface area contributed by atoms with Crippen molar-refractivity contribution in [1.82, 2.24) is 25.3 Å². The molecule has 0 saturated carbocycles. The van der Waals surface area contributed by atoms with E-state index in [-0.39, 0.29) is 0 Å². The summed E-state index contributed by atoms with van der Waals surface area (Å²) in [6.45, 7) is 0.827. The van der Waals surface area contributed by atoms with E-state index in [1.165, 1.54) is 9.51 Å². The Morgan fingerprint density at radius 3 is 3.06 bits per heavy atom. The molecule has 6 nitrogen and oxygen atoms in total.